The van der Waals surface area contributed by atoms with Crippen LogP contribution < -0.4 is 14.5 Å². The molecule has 1 atom stereocenters. The Bertz CT molecular complexity index is 712. The van der Waals surface area contributed by atoms with E-state index < -0.39 is 6.10 Å². The summed E-state index contributed by atoms with van der Waals surface area (Å²) < 4.78 is 5.70. The van der Waals surface area contributed by atoms with Gasteiger partial charge in [0, 0.05) is 5.69 Å². The molecule has 1 heterocycles. The molecule has 0 aromatic heterocycles. The van der Waals surface area contributed by atoms with Gasteiger partial charge in [-0.3, -0.25) is 4.79 Å². The second-order valence-corrected chi connectivity index (χ2v) is 6.79. The topological polar surface area (TPSA) is 54.2 Å². The minimum atomic E-state index is -0.548. The fraction of sp³-hybridized carbons (Fsp3) is 0.381. The van der Waals surface area contributed by atoms with Gasteiger partial charge in [0.1, 0.15) is 25.0 Å². The second kappa shape index (κ2) is 8.83. The number of piperazine rings is 1. The van der Waals surface area contributed by atoms with Crippen molar-refractivity contribution in [2.24, 2.45) is 0 Å². The highest BCUT2D eigenvalue weighted by atomic mass is 16.5. The predicted molar refractivity (Wildman–Crippen MR) is 102 cm³/mol. The van der Waals surface area contributed by atoms with Crippen LogP contribution in [0.3, 0.4) is 0 Å². The zero-order chi connectivity index (χ0) is 18.4. The standard InChI is InChI=1S/C21H26N2O3/c1-17(24)20-9-5-6-10-21(20)26-16-19(25)15-22-11-13-23(14-12-22)18-7-3-2-4-8-18/h2-10,19,25H,11-16H2,1H3/p+1/t19-/m0/s1. The molecule has 5 nitrogen and oxygen atoms in total. The zero-order valence-corrected chi connectivity index (χ0v) is 15.2. The summed E-state index contributed by atoms with van der Waals surface area (Å²) in [6.45, 7) is 6.35. The quantitative estimate of drug-likeness (QED) is 0.729. The fourth-order valence-electron chi connectivity index (χ4n) is 3.39. The molecule has 0 radical (unpaired) electrons. The van der Waals surface area contributed by atoms with E-state index in [4.69, 9.17) is 4.74 Å². The van der Waals surface area contributed by atoms with Crippen molar-refractivity contribution in [2.45, 2.75) is 13.0 Å². The Balaban J connectivity index is 1.45. The summed E-state index contributed by atoms with van der Waals surface area (Å²) in [5.41, 5.74) is 1.82. The minimum Gasteiger partial charge on any atom is -0.490 e. The van der Waals surface area contributed by atoms with E-state index >= 15 is 0 Å². The molecule has 2 N–H and O–H groups in total. The molecule has 3 rings (SSSR count). The maximum Gasteiger partial charge on any atom is 0.163 e. The number of aliphatic hydroxyl groups is 1. The fourth-order valence-corrected chi connectivity index (χ4v) is 3.39. The SMILES string of the molecule is CC(=O)c1ccccc1OC[C@@H](O)C[NH+]1CCN(c2ccccc2)CC1. The number of carbonyl (C=O) groups excluding carboxylic acids is 1. The van der Waals surface area contributed by atoms with E-state index in [1.165, 1.54) is 17.5 Å². The van der Waals surface area contributed by atoms with Crippen LogP contribution in [0.4, 0.5) is 5.69 Å². The molecule has 0 aliphatic carbocycles. The van der Waals surface area contributed by atoms with Crippen molar-refractivity contribution in [3.63, 3.8) is 0 Å². The van der Waals surface area contributed by atoms with Gasteiger partial charge in [0.15, 0.2) is 5.78 Å². The first-order valence-corrected chi connectivity index (χ1v) is 9.18. The van der Waals surface area contributed by atoms with Crippen LogP contribution in [0.5, 0.6) is 5.75 Å². The third kappa shape index (κ3) is 4.84. The number of rotatable bonds is 7. The molecule has 26 heavy (non-hydrogen) atoms. The lowest BCUT2D eigenvalue weighted by Crippen LogP contribution is -3.16. The monoisotopic (exact) mass is 355 g/mol. The normalized spacial score (nSPS) is 16.3. The number of benzene rings is 2. The third-order valence-electron chi connectivity index (χ3n) is 4.81. The molecule has 1 aliphatic heterocycles. The Labute approximate surface area is 154 Å². The van der Waals surface area contributed by atoms with E-state index in [1.807, 2.05) is 18.2 Å². The predicted octanol–water partition coefficient (Wildman–Crippen LogP) is 1.03. The van der Waals surface area contributed by atoms with Crippen molar-refractivity contribution in [3.8, 4) is 5.75 Å². The van der Waals surface area contributed by atoms with Gasteiger partial charge in [-0.15, -0.1) is 0 Å². The number of hydrogen-bond donors (Lipinski definition) is 2. The summed E-state index contributed by atoms with van der Waals surface area (Å²) in [6.07, 6.45) is -0.548. The summed E-state index contributed by atoms with van der Waals surface area (Å²) >= 11 is 0. The van der Waals surface area contributed by atoms with Crippen LogP contribution in [-0.4, -0.2) is 56.3 Å². The van der Waals surface area contributed by atoms with Gasteiger partial charge in [0.05, 0.1) is 31.7 Å². The molecule has 1 saturated heterocycles. The Morgan fingerprint density at radius 3 is 2.46 bits per heavy atom. The van der Waals surface area contributed by atoms with Crippen LogP contribution in [0.1, 0.15) is 17.3 Å². The van der Waals surface area contributed by atoms with E-state index in [0.717, 1.165) is 26.2 Å². The summed E-state index contributed by atoms with van der Waals surface area (Å²) in [7, 11) is 0. The van der Waals surface area contributed by atoms with E-state index in [2.05, 4.69) is 29.2 Å². The van der Waals surface area contributed by atoms with Crippen molar-refractivity contribution >= 4 is 11.5 Å². The number of ether oxygens (including phenoxy) is 1. The van der Waals surface area contributed by atoms with Crippen molar-refractivity contribution in [3.05, 3.63) is 60.2 Å². The van der Waals surface area contributed by atoms with Gasteiger partial charge in [-0.25, -0.2) is 0 Å². The third-order valence-corrected chi connectivity index (χ3v) is 4.81. The smallest absolute Gasteiger partial charge is 0.163 e. The Hall–Kier alpha value is -2.37. The molecule has 2 aromatic rings. The van der Waals surface area contributed by atoms with Gasteiger partial charge in [-0.05, 0) is 31.2 Å². The van der Waals surface area contributed by atoms with Gasteiger partial charge in [0.2, 0.25) is 0 Å². The number of Topliss-reactive ketones (excluding diaryl/α,β-unsaturated/α-hetero) is 1. The van der Waals surface area contributed by atoms with E-state index in [0.29, 0.717) is 17.9 Å². The van der Waals surface area contributed by atoms with Gasteiger partial charge >= 0.3 is 0 Å². The summed E-state index contributed by atoms with van der Waals surface area (Å²) in [5.74, 6) is 0.515. The Morgan fingerprint density at radius 1 is 1.12 bits per heavy atom. The number of nitrogens with zero attached hydrogens (tertiary/aromatic N) is 1. The number of nitrogens with one attached hydrogen (secondary N) is 1. The maximum atomic E-state index is 11.6. The maximum absolute atomic E-state index is 11.6. The van der Waals surface area contributed by atoms with Gasteiger partial charge in [0.25, 0.3) is 0 Å². The lowest BCUT2D eigenvalue weighted by Gasteiger charge is -2.34. The lowest BCUT2D eigenvalue weighted by molar-refractivity contribution is -0.903. The number of hydrogen-bond acceptors (Lipinski definition) is 4. The van der Waals surface area contributed by atoms with Crippen LogP contribution in [0.15, 0.2) is 54.6 Å². The van der Waals surface area contributed by atoms with Crippen LogP contribution in [0, 0.1) is 0 Å². The van der Waals surface area contributed by atoms with Crippen molar-refractivity contribution in [1.82, 2.24) is 0 Å². The number of aliphatic hydroxyl groups excluding tert-OH is 1. The summed E-state index contributed by atoms with van der Waals surface area (Å²) in [5, 5.41) is 10.3. The Kier molecular flexibility index (Phi) is 6.26. The zero-order valence-electron chi connectivity index (χ0n) is 15.2. The highest BCUT2D eigenvalue weighted by Crippen LogP contribution is 2.18. The number of ketones is 1. The molecular formula is C21H27N2O3+. The number of anilines is 1. The average molecular weight is 355 g/mol. The first kappa shape index (κ1) is 18.4. The lowest BCUT2D eigenvalue weighted by atomic mass is 10.1. The Morgan fingerprint density at radius 2 is 1.77 bits per heavy atom. The first-order valence-electron chi connectivity index (χ1n) is 9.18. The second-order valence-electron chi connectivity index (χ2n) is 6.79. The summed E-state index contributed by atoms with van der Waals surface area (Å²) in [4.78, 5) is 15.4. The van der Waals surface area contributed by atoms with Crippen LogP contribution in [-0.2, 0) is 0 Å². The molecular weight excluding hydrogens is 328 g/mol. The van der Waals surface area contributed by atoms with Crippen LogP contribution in [0.25, 0.3) is 0 Å². The van der Waals surface area contributed by atoms with Crippen molar-refractivity contribution in [2.75, 3.05) is 44.2 Å². The number of para-hydroxylation sites is 2. The largest absolute Gasteiger partial charge is 0.490 e. The van der Waals surface area contributed by atoms with Crippen molar-refractivity contribution < 1.29 is 19.5 Å². The average Bonchev–Trinajstić information content (AvgIpc) is 2.68. The molecule has 0 bridgehead atoms. The minimum absolute atomic E-state index is 0.0299. The van der Waals surface area contributed by atoms with Gasteiger partial charge in [-0.1, -0.05) is 30.3 Å². The first-order chi connectivity index (χ1) is 12.6. The number of carbonyl (C=O) groups is 1. The van der Waals surface area contributed by atoms with E-state index in [1.54, 1.807) is 12.1 Å². The van der Waals surface area contributed by atoms with Gasteiger partial charge in [-0.2, -0.15) is 0 Å². The molecule has 138 valence electrons. The summed E-state index contributed by atoms with van der Waals surface area (Å²) in [6, 6.07) is 17.6. The highest BCUT2D eigenvalue weighted by molar-refractivity contribution is 5.96. The van der Waals surface area contributed by atoms with E-state index in [9.17, 15) is 9.90 Å². The molecule has 0 saturated carbocycles. The highest BCUT2D eigenvalue weighted by Gasteiger charge is 2.23. The molecule has 2 aromatic carbocycles. The molecule has 5 heteroatoms. The molecule has 1 fully saturated rings. The molecule has 0 spiro atoms. The van der Waals surface area contributed by atoms with E-state index in [-0.39, 0.29) is 12.4 Å². The molecule has 0 amide bonds. The van der Waals surface area contributed by atoms with Crippen LogP contribution >= 0.6 is 0 Å². The van der Waals surface area contributed by atoms with Gasteiger partial charge < -0.3 is 19.6 Å². The van der Waals surface area contributed by atoms with Crippen molar-refractivity contribution in [1.29, 1.82) is 0 Å². The number of quaternary nitrogens is 1. The van der Waals surface area contributed by atoms with Crippen LogP contribution in [0.2, 0.25) is 0 Å². The molecule has 0 unspecified atom stereocenters. The molecule has 1 aliphatic rings.